The molecule has 0 saturated heterocycles. The lowest BCUT2D eigenvalue weighted by molar-refractivity contribution is 0.0955. The molecule has 0 aromatic heterocycles. The molecule has 3 aromatic rings. The van der Waals surface area contributed by atoms with E-state index in [2.05, 4.69) is 17.1 Å². The Morgan fingerprint density at radius 1 is 0.931 bits per heavy atom. The summed E-state index contributed by atoms with van der Waals surface area (Å²) in [5, 5.41) is 4.02. The van der Waals surface area contributed by atoms with Gasteiger partial charge in [-0.15, -0.1) is 0 Å². The first-order chi connectivity index (χ1) is 14.3. The lowest BCUT2D eigenvalue weighted by Crippen LogP contribution is -2.17. The van der Waals surface area contributed by atoms with Gasteiger partial charge in [0.05, 0.1) is 6.21 Å². The van der Waals surface area contributed by atoms with Crippen LogP contribution in [0, 0.1) is 0 Å². The summed E-state index contributed by atoms with van der Waals surface area (Å²) in [7, 11) is 0. The molecule has 29 heavy (non-hydrogen) atoms. The predicted octanol–water partition coefficient (Wildman–Crippen LogP) is 4.59. The van der Waals surface area contributed by atoms with Gasteiger partial charge in [-0.1, -0.05) is 55.1 Å². The highest BCUT2D eigenvalue weighted by molar-refractivity contribution is 5.95. The second kappa shape index (κ2) is 10.5. The molecule has 3 aromatic carbocycles. The number of hydrazone groups is 1. The molecule has 0 radical (unpaired) electrons. The molecule has 0 saturated carbocycles. The Kier molecular flexibility index (Phi) is 7.18. The average Bonchev–Trinajstić information content (AvgIpc) is 2.78. The van der Waals surface area contributed by atoms with Crippen LogP contribution >= 0.6 is 0 Å². The minimum absolute atomic E-state index is 0.305. The van der Waals surface area contributed by atoms with Crippen molar-refractivity contribution in [2.45, 2.75) is 6.61 Å². The summed E-state index contributed by atoms with van der Waals surface area (Å²) in [4.78, 5) is 12.3. The maximum atomic E-state index is 12.3. The van der Waals surface area contributed by atoms with Crippen molar-refractivity contribution >= 4 is 12.1 Å². The standard InChI is InChI=1S/C24H22N2O3/c1-2-16-28-23-11-7-6-10-21(23)17-25-26-24(27)20-12-14-22(15-13-20)29-18-19-8-4-3-5-9-19/h2-15,17H,1,16,18H2,(H,26,27)/b25-17-. The van der Waals surface area contributed by atoms with E-state index in [4.69, 9.17) is 9.47 Å². The van der Waals surface area contributed by atoms with Crippen molar-refractivity contribution in [3.8, 4) is 11.5 Å². The Morgan fingerprint density at radius 3 is 2.41 bits per heavy atom. The van der Waals surface area contributed by atoms with E-state index in [0.717, 1.165) is 11.1 Å². The van der Waals surface area contributed by atoms with Gasteiger partial charge in [0, 0.05) is 11.1 Å². The lowest BCUT2D eigenvalue weighted by Gasteiger charge is -2.07. The SMILES string of the molecule is C=CCOc1ccccc1/C=N\NC(=O)c1ccc(OCc2ccccc2)cc1. The number of nitrogens with zero attached hydrogens (tertiary/aromatic N) is 1. The Hall–Kier alpha value is -3.86. The van der Waals surface area contributed by atoms with Crippen LogP contribution in [-0.2, 0) is 6.61 Å². The Balaban J connectivity index is 1.54. The van der Waals surface area contributed by atoms with E-state index in [0.29, 0.717) is 30.3 Å². The normalized spacial score (nSPS) is 10.5. The van der Waals surface area contributed by atoms with Gasteiger partial charge in [0.2, 0.25) is 0 Å². The number of ether oxygens (including phenoxy) is 2. The minimum atomic E-state index is -0.305. The first kappa shape index (κ1) is 19.9. The van der Waals surface area contributed by atoms with Gasteiger partial charge in [-0.2, -0.15) is 5.10 Å². The number of hydrogen-bond acceptors (Lipinski definition) is 4. The number of amides is 1. The third kappa shape index (κ3) is 6.07. The summed E-state index contributed by atoms with van der Waals surface area (Å²) < 4.78 is 11.3. The fourth-order valence-corrected chi connectivity index (χ4v) is 2.54. The summed E-state index contributed by atoms with van der Waals surface area (Å²) >= 11 is 0. The van der Waals surface area contributed by atoms with E-state index >= 15 is 0 Å². The summed E-state index contributed by atoms with van der Waals surface area (Å²) in [6.07, 6.45) is 3.22. The summed E-state index contributed by atoms with van der Waals surface area (Å²) in [6.45, 7) is 4.51. The van der Waals surface area contributed by atoms with E-state index in [1.807, 2.05) is 54.6 Å². The molecule has 0 atom stereocenters. The second-order valence-corrected chi connectivity index (χ2v) is 6.14. The zero-order valence-electron chi connectivity index (χ0n) is 16.0. The van der Waals surface area contributed by atoms with Crippen LogP contribution in [0.1, 0.15) is 21.5 Å². The Bertz CT molecular complexity index is 967. The van der Waals surface area contributed by atoms with Gasteiger partial charge in [0.15, 0.2) is 0 Å². The molecule has 0 unspecified atom stereocenters. The number of hydrogen-bond donors (Lipinski definition) is 1. The van der Waals surface area contributed by atoms with Crippen LogP contribution in [0.5, 0.6) is 11.5 Å². The van der Waals surface area contributed by atoms with E-state index in [9.17, 15) is 4.79 Å². The van der Waals surface area contributed by atoms with Crippen molar-refractivity contribution in [1.29, 1.82) is 0 Å². The molecule has 0 aliphatic rings. The van der Waals surface area contributed by atoms with Gasteiger partial charge in [-0.05, 0) is 42.0 Å². The molecule has 0 heterocycles. The molecule has 0 spiro atoms. The first-order valence-corrected chi connectivity index (χ1v) is 9.19. The molecule has 146 valence electrons. The topological polar surface area (TPSA) is 59.9 Å². The van der Waals surface area contributed by atoms with Crippen LogP contribution in [0.3, 0.4) is 0 Å². The van der Waals surface area contributed by atoms with Crippen LogP contribution in [0.4, 0.5) is 0 Å². The highest BCUT2D eigenvalue weighted by Crippen LogP contribution is 2.16. The van der Waals surface area contributed by atoms with Crippen molar-refractivity contribution in [3.05, 3.63) is 108 Å². The van der Waals surface area contributed by atoms with Gasteiger partial charge >= 0.3 is 0 Å². The zero-order valence-corrected chi connectivity index (χ0v) is 16.0. The van der Waals surface area contributed by atoms with Crippen molar-refractivity contribution in [3.63, 3.8) is 0 Å². The number of rotatable bonds is 9. The summed E-state index contributed by atoms with van der Waals surface area (Å²) in [5.74, 6) is 1.06. The highest BCUT2D eigenvalue weighted by atomic mass is 16.5. The van der Waals surface area contributed by atoms with Crippen molar-refractivity contribution < 1.29 is 14.3 Å². The van der Waals surface area contributed by atoms with Crippen molar-refractivity contribution in [2.75, 3.05) is 6.61 Å². The van der Waals surface area contributed by atoms with Crippen LogP contribution in [-0.4, -0.2) is 18.7 Å². The monoisotopic (exact) mass is 386 g/mol. The van der Waals surface area contributed by atoms with E-state index in [-0.39, 0.29) is 5.91 Å². The molecule has 0 aliphatic carbocycles. The van der Waals surface area contributed by atoms with Gasteiger partial charge in [-0.25, -0.2) is 5.43 Å². The first-order valence-electron chi connectivity index (χ1n) is 9.19. The minimum Gasteiger partial charge on any atom is -0.489 e. The number of benzene rings is 3. The Morgan fingerprint density at radius 2 is 1.66 bits per heavy atom. The highest BCUT2D eigenvalue weighted by Gasteiger charge is 2.05. The average molecular weight is 386 g/mol. The largest absolute Gasteiger partial charge is 0.489 e. The number of para-hydroxylation sites is 1. The van der Waals surface area contributed by atoms with Crippen LogP contribution in [0.2, 0.25) is 0 Å². The molecule has 0 bridgehead atoms. The van der Waals surface area contributed by atoms with E-state index in [1.54, 1.807) is 36.6 Å². The number of carbonyl (C=O) groups is 1. The quantitative estimate of drug-likeness (QED) is 0.332. The maximum Gasteiger partial charge on any atom is 0.271 e. The number of carbonyl (C=O) groups excluding carboxylic acids is 1. The molecular weight excluding hydrogens is 364 g/mol. The molecule has 1 N–H and O–H groups in total. The van der Waals surface area contributed by atoms with Crippen LogP contribution in [0.25, 0.3) is 0 Å². The van der Waals surface area contributed by atoms with Crippen molar-refractivity contribution in [2.24, 2.45) is 5.10 Å². The molecule has 1 amide bonds. The molecule has 5 nitrogen and oxygen atoms in total. The van der Waals surface area contributed by atoms with Gasteiger partial charge in [0.25, 0.3) is 5.91 Å². The molecule has 3 rings (SSSR count). The summed E-state index contributed by atoms with van der Waals surface area (Å²) in [6, 6.07) is 24.3. The smallest absolute Gasteiger partial charge is 0.271 e. The lowest BCUT2D eigenvalue weighted by atomic mass is 10.2. The third-order valence-electron chi connectivity index (χ3n) is 4.01. The molecular formula is C24H22N2O3. The summed E-state index contributed by atoms with van der Waals surface area (Å²) in [5.41, 5.74) is 4.86. The molecule has 0 aliphatic heterocycles. The second-order valence-electron chi connectivity index (χ2n) is 6.14. The predicted molar refractivity (Wildman–Crippen MR) is 114 cm³/mol. The maximum absolute atomic E-state index is 12.3. The fourth-order valence-electron chi connectivity index (χ4n) is 2.54. The van der Waals surface area contributed by atoms with Crippen LogP contribution < -0.4 is 14.9 Å². The third-order valence-corrected chi connectivity index (χ3v) is 4.01. The van der Waals surface area contributed by atoms with Crippen LogP contribution in [0.15, 0.2) is 96.6 Å². The Labute approximate surface area is 170 Å². The molecule has 5 heteroatoms. The zero-order chi connectivity index (χ0) is 20.3. The van der Waals surface area contributed by atoms with Gasteiger partial charge in [-0.3, -0.25) is 4.79 Å². The molecule has 0 fully saturated rings. The number of nitrogens with one attached hydrogen (secondary N) is 1. The van der Waals surface area contributed by atoms with Crippen molar-refractivity contribution in [1.82, 2.24) is 5.43 Å². The van der Waals surface area contributed by atoms with Gasteiger partial charge < -0.3 is 9.47 Å². The fraction of sp³-hybridized carbons (Fsp3) is 0.0833. The van der Waals surface area contributed by atoms with Gasteiger partial charge in [0.1, 0.15) is 24.7 Å². The van der Waals surface area contributed by atoms with E-state index in [1.165, 1.54) is 0 Å². The van der Waals surface area contributed by atoms with E-state index < -0.39 is 0 Å².